The Labute approximate surface area is 170 Å². The largest absolute Gasteiger partial charge is 0.493 e. The smallest absolute Gasteiger partial charge is 0.339 e. The average Bonchev–Trinajstić information content (AvgIpc) is 3.03. The van der Waals surface area contributed by atoms with Gasteiger partial charge in [-0.2, -0.15) is 0 Å². The van der Waals surface area contributed by atoms with Crippen molar-refractivity contribution in [3.8, 4) is 11.5 Å². The summed E-state index contributed by atoms with van der Waals surface area (Å²) in [4.78, 5) is 28.3. The van der Waals surface area contributed by atoms with Crippen LogP contribution >= 0.6 is 11.3 Å². The second kappa shape index (κ2) is 10.1. The van der Waals surface area contributed by atoms with Crippen LogP contribution in [0, 0.1) is 13.8 Å². The van der Waals surface area contributed by atoms with Crippen LogP contribution in [0.3, 0.4) is 0 Å². The molecule has 1 aromatic heterocycles. The zero-order valence-electron chi connectivity index (χ0n) is 17.0. The molecule has 2 aromatic rings. The molecule has 2 rings (SSSR count). The monoisotopic (exact) mass is 405 g/mol. The first-order valence-electron chi connectivity index (χ1n) is 9.21. The van der Waals surface area contributed by atoms with E-state index < -0.39 is 5.97 Å². The van der Waals surface area contributed by atoms with Crippen LogP contribution in [0.25, 0.3) is 0 Å². The summed E-state index contributed by atoms with van der Waals surface area (Å²) in [5.41, 5.74) is 1.43. The highest BCUT2D eigenvalue weighted by molar-refractivity contribution is 7.12. The Morgan fingerprint density at radius 1 is 1.11 bits per heavy atom. The fourth-order valence-corrected chi connectivity index (χ4v) is 3.72. The molecule has 0 aliphatic heterocycles. The van der Waals surface area contributed by atoms with E-state index in [4.69, 9.17) is 14.2 Å². The van der Waals surface area contributed by atoms with Gasteiger partial charge in [-0.1, -0.05) is 6.07 Å². The lowest BCUT2D eigenvalue weighted by molar-refractivity contribution is -0.134. The number of likely N-dealkylation sites (N-methyl/N-ethyl adjacent to an activating group) is 1. The van der Waals surface area contributed by atoms with E-state index in [1.807, 2.05) is 45.9 Å². The fourth-order valence-electron chi connectivity index (χ4n) is 2.81. The molecule has 1 amide bonds. The number of carbonyl (C=O) groups is 2. The highest BCUT2D eigenvalue weighted by atomic mass is 32.1. The molecular formula is C21H27NO5S. The predicted molar refractivity (Wildman–Crippen MR) is 109 cm³/mol. The van der Waals surface area contributed by atoms with E-state index >= 15 is 0 Å². The molecule has 0 spiro atoms. The maximum absolute atomic E-state index is 12.5. The molecule has 0 aliphatic rings. The SMILES string of the molecule is CCOc1ccc(CN(CC)C(=O)COC(=O)c2cc(C)sc2C)cc1OC. The van der Waals surface area contributed by atoms with Gasteiger partial charge in [-0.3, -0.25) is 4.79 Å². The van der Waals surface area contributed by atoms with Gasteiger partial charge in [0.25, 0.3) is 5.91 Å². The van der Waals surface area contributed by atoms with Gasteiger partial charge in [0.15, 0.2) is 18.1 Å². The topological polar surface area (TPSA) is 65.1 Å². The predicted octanol–water partition coefficient (Wildman–Crippen LogP) is 3.98. The van der Waals surface area contributed by atoms with Crippen molar-refractivity contribution in [1.29, 1.82) is 0 Å². The number of nitrogens with zero attached hydrogens (tertiary/aromatic N) is 1. The fraction of sp³-hybridized carbons (Fsp3) is 0.429. The standard InChI is InChI=1S/C21H27NO5S/c1-6-22(12-16-8-9-18(26-7-2)19(11-16)25-5)20(23)13-27-21(24)17-10-14(3)28-15(17)4/h8-11H,6-7,12-13H2,1-5H3. The molecule has 0 unspecified atom stereocenters. The van der Waals surface area contributed by atoms with Gasteiger partial charge in [-0.05, 0) is 51.5 Å². The van der Waals surface area contributed by atoms with Gasteiger partial charge in [0.05, 0.1) is 19.3 Å². The van der Waals surface area contributed by atoms with Crippen molar-refractivity contribution in [1.82, 2.24) is 4.90 Å². The maximum atomic E-state index is 12.5. The lowest BCUT2D eigenvalue weighted by Gasteiger charge is -2.21. The van der Waals surface area contributed by atoms with E-state index in [1.165, 1.54) is 11.3 Å². The van der Waals surface area contributed by atoms with Crippen molar-refractivity contribution in [3.63, 3.8) is 0 Å². The molecule has 0 saturated carbocycles. The van der Waals surface area contributed by atoms with Crippen LogP contribution in [0.2, 0.25) is 0 Å². The lowest BCUT2D eigenvalue weighted by Crippen LogP contribution is -2.34. The molecule has 152 valence electrons. The van der Waals surface area contributed by atoms with Gasteiger partial charge in [-0.25, -0.2) is 4.79 Å². The van der Waals surface area contributed by atoms with E-state index in [9.17, 15) is 9.59 Å². The van der Waals surface area contributed by atoms with Gasteiger partial charge in [0.1, 0.15) is 0 Å². The molecule has 1 aromatic carbocycles. The summed E-state index contributed by atoms with van der Waals surface area (Å²) < 4.78 is 16.1. The Morgan fingerprint density at radius 3 is 2.43 bits per heavy atom. The van der Waals surface area contributed by atoms with Crippen molar-refractivity contribution >= 4 is 23.2 Å². The Kier molecular flexibility index (Phi) is 7.87. The number of esters is 1. The molecule has 0 bridgehead atoms. The second-order valence-corrected chi connectivity index (χ2v) is 7.69. The molecule has 28 heavy (non-hydrogen) atoms. The number of aryl methyl sites for hydroxylation is 2. The Balaban J connectivity index is 1.99. The van der Waals surface area contributed by atoms with E-state index in [1.54, 1.807) is 18.1 Å². The first kappa shape index (κ1) is 21.8. The molecule has 0 radical (unpaired) electrons. The van der Waals surface area contributed by atoms with Crippen LogP contribution < -0.4 is 9.47 Å². The summed E-state index contributed by atoms with van der Waals surface area (Å²) in [7, 11) is 1.58. The number of rotatable bonds is 9. The number of methoxy groups -OCH3 is 1. The minimum Gasteiger partial charge on any atom is -0.493 e. The van der Waals surface area contributed by atoms with Crippen molar-refractivity contribution in [3.05, 3.63) is 45.1 Å². The molecule has 0 fully saturated rings. The molecule has 0 atom stereocenters. The molecule has 6 nitrogen and oxygen atoms in total. The summed E-state index contributed by atoms with van der Waals surface area (Å²) in [6, 6.07) is 7.37. The average molecular weight is 406 g/mol. The lowest BCUT2D eigenvalue weighted by atomic mass is 10.2. The van der Waals surface area contributed by atoms with E-state index in [0.29, 0.717) is 36.8 Å². The minimum atomic E-state index is -0.464. The summed E-state index contributed by atoms with van der Waals surface area (Å²) in [6.45, 7) is 8.76. The quantitative estimate of drug-likeness (QED) is 0.591. The summed E-state index contributed by atoms with van der Waals surface area (Å²) >= 11 is 1.53. The van der Waals surface area contributed by atoms with Crippen molar-refractivity contribution in [2.24, 2.45) is 0 Å². The number of ether oxygens (including phenoxy) is 3. The Bertz CT molecular complexity index is 830. The molecule has 0 saturated heterocycles. The Hall–Kier alpha value is -2.54. The number of hydrogen-bond acceptors (Lipinski definition) is 6. The first-order valence-corrected chi connectivity index (χ1v) is 10.0. The Morgan fingerprint density at radius 2 is 1.86 bits per heavy atom. The van der Waals surface area contributed by atoms with Crippen LogP contribution in [-0.2, 0) is 16.1 Å². The summed E-state index contributed by atoms with van der Waals surface area (Å²) in [6.07, 6.45) is 0. The maximum Gasteiger partial charge on any atom is 0.339 e. The number of amides is 1. The summed E-state index contributed by atoms with van der Waals surface area (Å²) in [5.74, 6) is 0.582. The minimum absolute atomic E-state index is 0.242. The van der Waals surface area contributed by atoms with Crippen LogP contribution in [0.5, 0.6) is 11.5 Å². The zero-order chi connectivity index (χ0) is 20.7. The zero-order valence-corrected chi connectivity index (χ0v) is 17.9. The third kappa shape index (κ3) is 5.48. The molecule has 0 N–H and O–H groups in total. The molecular weight excluding hydrogens is 378 g/mol. The molecule has 7 heteroatoms. The second-order valence-electron chi connectivity index (χ2n) is 6.23. The number of hydrogen-bond donors (Lipinski definition) is 0. The van der Waals surface area contributed by atoms with Crippen LogP contribution in [0.1, 0.15) is 39.5 Å². The van der Waals surface area contributed by atoms with Crippen LogP contribution in [-0.4, -0.2) is 43.6 Å². The van der Waals surface area contributed by atoms with Gasteiger partial charge >= 0.3 is 5.97 Å². The van der Waals surface area contributed by atoms with E-state index in [-0.39, 0.29) is 12.5 Å². The number of carbonyl (C=O) groups excluding carboxylic acids is 2. The van der Waals surface area contributed by atoms with Gasteiger partial charge < -0.3 is 19.1 Å². The van der Waals surface area contributed by atoms with E-state index in [0.717, 1.165) is 15.3 Å². The third-order valence-electron chi connectivity index (χ3n) is 4.22. The molecule has 0 aliphatic carbocycles. The molecule has 1 heterocycles. The third-order valence-corrected chi connectivity index (χ3v) is 5.19. The number of thiophene rings is 1. The van der Waals surface area contributed by atoms with Crippen molar-refractivity contribution < 1.29 is 23.8 Å². The summed E-state index contributed by atoms with van der Waals surface area (Å²) in [5, 5.41) is 0. The van der Waals surface area contributed by atoms with Gasteiger partial charge in [0, 0.05) is 22.8 Å². The first-order chi connectivity index (χ1) is 13.4. The van der Waals surface area contributed by atoms with Crippen LogP contribution in [0.15, 0.2) is 24.3 Å². The normalized spacial score (nSPS) is 10.5. The van der Waals surface area contributed by atoms with Crippen molar-refractivity contribution in [2.75, 3.05) is 26.9 Å². The van der Waals surface area contributed by atoms with Gasteiger partial charge in [0.2, 0.25) is 0 Å². The van der Waals surface area contributed by atoms with Crippen molar-refractivity contribution in [2.45, 2.75) is 34.2 Å². The highest BCUT2D eigenvalue weighted by Crippen LogP contribution is 2.28. The highest BCUT2D eigenvalue weighted by Gasteiger charge is 2.18. The van der Waals surface area contributed by atoms with E-state index in [2.05, 4.69) is 0 Å². The van der Waals surface area contributed by atoms with Gasteiger partial charge in [-0.15, -0.1) is 11.3 Å². The van der Waals surface area contributed by atoms with Crippen LogP contribution in [0.4, 0.5) is 0 Å². The number of benzene rings is 1.